The van der Waals surface area contributed by atoms with E-state index in [4.69, 9.17) is 17.3 Å². The molecule has 1 aliphatic rings. The summed E-state index contributed by atoms with van der Waals surface area (Å²) in [5.74, 6) is 1.07. The first kappa shape index (κ1) is 15.9. The number of anilines is 1. The fourth-order valence-electron chi connectivity index (χ4n) is 2.40. The molecule has 1 fully saturated rings. The van der Waals surface area contributed by atoms with Crippen LogP contribution in [0, 0.1) is 0 Å². The molecule has 0 spiro atoms. The van der Waals surface area contributed by atoms with Gasteiger partial charge in [-0.25, -0.2) is 13.1 Å². The highest BCUT2D eigenvalue weighted by molar-refractivity contribution is 7.99. The van der Waals surface area contributed by atoms with E-state index < -0.39 is 10.0 Å². The Labute approximate surface area is 129 Å². The Balaban J connectivity index is 2.06. The quantitative estimate of drug-likeness (QED) is 0.812. The lowest BCUT2D eigenvalue weighted by Gasteiger charge is -2.14. The van der Waals surface area contributed by atoms with E-state index in [0.29, 0.717) is 10.9 Å². The van der Waals surface area contributed by atoms with Crippen LogP contribution in [0.15, 0.2) is 23.1 Å². The largest absolute Gasteiger partial charge is 0.398 e. The van der Waals surface area contributed by atoms with E-state index in [1.165, 1.54) is 18.2 Å². The lowest BCUT2D eigenvalue weighted by molar-refractivity contribution is 0.552. The molecule has 0 heterocycles. The second-order valence-electron chi connectivity index (χ2n) is 4.89. The standard InChI is InChI=1S/C13H19ClN2O2S2/c1-2-19-10-4-3-9(7-10)16-20(17,18)11-5-6-13(15)12(14)8-11/h5-6,8-10,16H,2-4,7,15H2,1H3. The number of hydrogen-bond acceptors (Lipinski definition) is 4. The van der Waals surface area contributed by atoms with Crippen LogP contribution >= 0.6 is 23.4 Å². The maximum atomic E-state index is 12.3. The number of nitrogens with one attached hydrogen (secondary N) is 1. The highest BCUT2D eigenvalue weighted by Gasteiger charge is 2.28. The first-order valence-electron chi connectivity index (χ1n) is 6.61. The number of halogens is 1. The maximum Gasteiger partial charge on any atom is 0.240 e. The minimum atomic E-state index is -3.52. The van der Waals surface area contributed by atoms with Crippen LogP contribution in [0.25, 0.3) is 0 Å². The van der Waals surface area contributed by atoms with Gasteiger partial charge in [0, 0.05) is 11.3 Å². The Kier molecular flexibility index (Phi) is 5.23. The van der Waals surface area contributed by atoms with Crippen molar-refractivity contribution >= 4 is 39.1 Å². The van der Waals surface area contributed by atoms with Crippen LogP contribution in [-0.2, 0) is 10.0 Å². The first-order chi connectivity index (χ1) is 9.42. The minimum absolute atomic E-state index is 0.0142. The SMILES string of the molecule is CCSC1CCC(NS(=O)(=O)c2ccc(N)c(Cl)c2)C1. The lowest BCUT2D eigenvalue weighted by atomic mass is 10.3. The molecule has 2 unspecified atom stereocenters. The third-order valence-electron chi connectivity index (χ3n) is 3.39. The highest BCUT2D eigenvalue weighted by Crippen LogP contribution is 2.31. The van der Waals surface area contributed by atoms with Gasteiger partial charge in [-0.2, -0.15) is 11.8 Å². The number of hydrogen-bond donors (Lipinski definition) is 2. The van der Waals surface area contributed by atoms with E-state index in [-0.39, 0.29) is 16.0 Å². The van der Waals surface area contributed by atoms with Gasteiger partial charge in [0.05, 0.1) is 15.6 Å². The van der Waals surface area contributed by atoms with Crippen molar-refractivity contribution in [3.8, 4) is 0 Å². The van der Waals surface area contributed by atoms with Crippen molar-refractivity contribution in [3.05, 3.63) is 23.2 Å². The Morgan fingerprint density at radius 1 is 1.45 bits per heavy atom. The van der Waals surface area contributed by atoms with E-state index in [1.54, 1.807) is 0 Å². The van der Waals surface area contributed by atoms with Crippen LogP contribution in [0.5, 0.6) is 0 Å². The molecule has 0 bridgehead atoms. The Morgan fingerprint density at radius 2 is 2.20 bits per heavy atom. The van der Waals surface area contributed by atoms with Gasteiger partial charge in [0.25, 0.3) is 0 Å². The van der Waals surface area contributed by atoms with Crippen molar-refractivity contribution in [2.45, 2.75) is 42.4 Å². The Morgan fingerprint density at radius 3 is 2.85 bits per heavy atom. The molecule has 0 saturated heterocycles. The van der Waals surface area contributed by atoms with Crippen LogP contribution < -0.4 is 10.5 Å². The number of rotatable bonds is 5. The zero-order valence-corrected chi connectivity index (χ0v) is 13.7. The summed E-state index contributed by atoms with van der Waals surface area (Å²) in [6.45, 7) is 2.12. The van der Waals surface area contributed by atoms with Crippen LogP contribution in [0.4, 0.5) is 5.69 Å². The van der Waals surface area contributed by atoms with Crippen molar-refractivity contribution in [3.63, 3.8) is 0 Å². The van der Waals surface area contributed by atoms with Crippen LogP contribution in [0.2, 0.25) is 5.02 Å². The van der Waals surface area contributed by atoms with Crippen LogP contribution in [-0.4, -0.2) is 25.5 Å². The van der Waals surface area contributed by atoms with E-state index in [9.17, 15) is 8.42 Å². The molecular formula is C13H19ClN2O2S2. The molecule has 0 aliphatic heterocycles. The van der Waals surface area contributed by atoms with Gasteiger partial charge in [0.15, 0.2) is 0 Å². The highest BCUT2D eigenvalue weighted by atomic mass is 35.5. The molecule has 2 rings (SSSR count). The van der Waals surface area contributed by atoms with Gasteiger partial charge in [-0.1, -0.05) is 18.5 Å². The topological polar surface area (TPSA) is 72.2 Å². The summed E-state index contributed by atoms with van der Waals surface area (Å²) in [4.78, 5) is 0.170. The number of nitrogen functional groups attached to an aromatic ring is 1. The average Bonchev–Trinajstić information content (AvgIpc) is 2.79. The van der Waals surface area contributed by atoms with E-state index >= 15 is 0 Å². The summed E-state index contributed by atoms with van der Waals surface area (Å²) in [5.41, 5.74) is 5.98. The van der Waals surface area contributed by atoms with Crippen LogP contribution in [0.3, 0.4) is 0 Å². The molecule has 1 saturated carbocycles. The van der Waals surface area contributed by atoms with Gasteiger partial charge in [0.1, 0.15) is 0 Å². The van der Waals surface area contributed by atoms with Gasteiger partial charge >= 0.3 is 0 Å². The van der Waals surface area contributed by atoms with Crippen molar-refractivity contribution in [1.29, 1.82) is 0 Å². The molecule has 0 aromatic heterocycles. The number of sulfonamides is 1. The third-order valence-corrected chi connectivity index (χ3v) is 6.47. The van der Waals surface area contributed by atoms with Crippen molar-refractivity contribution in [2.75, 3.05) is 11.5 Å². The zero-order chi connectivity index (χ0) is 14.8. The predicted molar refractivity (Wildman–Crippen MR) is 85.7 cm³/mol. The molecule has 1 aromatic rings. The average molecular weight is 335 g/mol. The Bertz CT molecular complexity index is 578. The molecule has 3 N–H and O–H groups in total. The summed E-state index contributed by atoms with van der Waals surface area (Å²) in [6, 6.07) is 4.41. The van der Waals surface area contributed by atoms with E-state index in [0.717, 1.165) is 25.0 Å². The van der Waals surface area contributed by atoms with Crippen molar-refractivity contribution < 1.29 is 8.42 Å². The predicted octanol–water partition coefficient (Wildman–Crippen LogP) is 2.87. The number of benzene rings is 1. The normalized spacial score (nSPS) is 23.1. The summed E-state index contributed by atoms with van der Waals surface area (Å²) < 4.78 is 27.4. The molecule has 4 nitrogen and oxygen atoms in total. The molecule has 0 amide bonds. The molecule has 1 aromatic carbocycles. The molecular weight excluding hydrogens is 316 g/mol. The third kappa shape index (κ3) is 3.81. The second kappa shape index (κ2) is 6.56. The van der Waals surface area contributed by atoms with Gasteiger partial charge in [-0.05, 0) is 43.2 Å². The molecule has 7 heteroatoms. The maximum absolute atomic E-state index is 12.3. The fraction of sp³-hybridized carbons (Fsp3) is 0.538. The summed E-state index contributed by atoms with van der Waals surface area (Å²) in [7, 11) is -3.52. The van der Waals surface area contributed by atoms with Crippen molar-refractivity contribution in [2.24, 2.45) is 0 Å². The minimum Gasteiger partial charge on any atom is -0.398 e. The second-order valence-corrected chi connectivity index (χ2v) is 8.59. The van der Waals surface area contributed by atoms with Gasteiger partial charge < -0.3 is 5.73 Å². The summed E-state index contributed by atoms with van der Waals surface area (Å²) in [5, 5.41) is 0.821. The monoisotopic (exact) mass is 334 g/mol. The lowest BCUT2D eigenvalue weighted by Crippen LogP contribution is -2.33. The summed E-state index contributed by atoms with van der Waals surface area (Å²) >= 11 is 7.78. The van der Waals surface area contributed by atoms with Crippen LogP contribution in [0.1, 0.15) is 26.2 Å². The van der Waals surface area contributed by atoms with Gasteiger partial charge in [-0.15, -0.1) is 0 Å². The molecule has 1 aliphatic carbocycles. The van der Waals surface area contributed by atoms with Gasteiger partial charge in [-0.3, -0.25) is 0 Å². The van der Waals surface area contributed by atoms with E-state index in [1.807, 2.05) is 11.8 Å². The first-order valence-corrected chi connectivity index (χ1v) is 9.52. The number of nitrogens with two attached hydrogens (primary N) is 1. The van der Waals surface area contributed by atoms with E-state index in [2.05, 4.69) is 11.6 Å². The fourth-order valence-corrected chi connectivity index (χ4v) is 5.09. The molecule has 2 atom stereocenters. The molecule has 112 valence electrons. The van der Waals surface area contributed by atoms with Crippen molar-refractivity contribution in [1.82, 2.24) is 4.72 Å². The zero-order valence-electron chi connectivity index (χ0n) is 11.3. The Hall–Kier alpha value is -0.430. The number of thioether (sulfide) groups is 1. The summed E-state index contributed by atoms with van der Waals surface area (Å²) in [6.07, 6.45) is 2.84. The smallest absolute Gasteiger partial charge is 0.240 e. The molecule has 20 heavy (non-hydrogen) atoms. The van der Waals surface area contributed by atoms with Gasteiger partial charge in [0.2, 0.25) is 10.0 Å². The molecule has 0 radical (unpaired) electrons.